The molecule has 3 aliphatic heterocycles. The normalized spacial score (nSPS) is 29.1. The second-order valence-electron chi connectivity index (χ2n) is 8.65. The summed E-state index contributed by atoms with van der Waals surface area (Å²) in [6.07, 6.45) is 4.61. The zero-order valence-electron chi connectivity index (χ0n) is 17.2. The van der Waals surface area contributed by atoms with Crippen molar-refractivity contribution in [3.8, 4) is 0 Å². The molecule has 2 aromatic rings. The van der Waals surface area contributed by atoms with Crippen LogP contribution in [-0.4, -0.2) is 53.0 Å². The van der Waals surface area contributed by atoms with Crippen molar-refractivity contribution in [3.05, 3.63) is 65.5 Å². The Kier molecular flexibility index (Phi) is 4.82. The minimum atomic E-state index is -0.248. The molecule has 1 spiro atoms. The molecule has 2 amide bonds. The minimum Gasteiger partial charge on any atom is -0.369 e. The number of hydrogen-bond donors (Lipinski definition) is 1. The number of hydrogen-bond acceptors (Lipinski definition) is 4. The lowest BCUT2D eigenvalue weighted by Crippen LogP contribution is -2.42. The second kappa shape index (κ2) is 7.51. The summed E-state index contributed by atoms with van der Waals surface area (Å²) >= 11 is 0. The van der Waals surface area contributed by atoms with Gasteiger partial charge in [-0.2, -0.15) is 0 Å². The van der Waals surface area contributed by atoms with Crippen LogP contribution in [0.1, 0.15) is 46.2 Å². The molecule has 1 N–H and O–H groups in total. The third-order valence-corrected chi connectivity index (χ3v) is 7.10. The molecule has 30 heavy (non-hydrogen) atoms. The number of aryl methyl sites for hydroxylation is 1. The highest BCUT2D eigenvalue weighted by atomic mass is 16.5. The topological polar surface area (TPSA) is 71.5 Å². The van der Waals surface area contributed by atoms with E-state index in [9.17, 15) is 9.59 Å². The van der Waals surface area contributed by atoms with E-state index in [2.05, 4.69) is 17.2 Å². The highest BCUT2D eigenvalue weighted by Crippen LogP contribution is 2.54. The molecule has 1 aromatic heterocycles. The van der Waals surface area contributed by atoms with E-state index in [1.807, 2.05) is 35.2 Å². The molecule has 6 heteroatoms. The lowest BCUT2D eigenvalue weighted by Gasteiger charge is -2.29. The molecule has 0 saturated carbocycles. The average molecular weight is 405 g/mol. The number of fused-ring (bicyclic) bond motifs is 1. The van der Waals surface area contributed by atoms with E-state index in [0.29, 0.717) is 25.3 Å². The van der Waals surface area contributed by atoms with E-state index in [0.717, 1.165) is 30.4 Å². The second-order valence-corrected chi connectivity index (χ2v) is 8.65. The first-order valence-corrected chi connectivity index (χ1v) is 10.9. The first-order valence-electron chi connectivity index (χ1n) is 10.9. The number of rotatable bonds is 5. The molecule has 6 nitrogen and oxygen atoms in total. The summed E-state index contributed by atoms with van der Waals surface area (Å²) in [7, 11) is 0. The molecule has 0 aliphatic carbocycles. The quantitative estimate of drug-likeness (QED) is 0.830. The molecule has 2 bridgehead atoms. The van der Waals surface area contributed by atoms with Crippen molar-refractivity contribution in [1.29, 1.82) is 0 Å². The summed E-state index contributed by atoms with van der Waals surface area (Å²) in [6, 6.07) is 13.2. The number of carbonyl (C=O) groups is 2. The van der Waals surface area contributed by atoms with Crippen molar-refractivity contribution in [2.24, 2.45) is 11.8 Å². The van der Waals surface area contributed by atoms with Gasteiger partial charge in [-0.1, -0.05) is 31.2 Å². The van der Waals surface area contributed by atoms with Gasteiger partial charge < -0.3 is 15.0 Å². The van der Waals surface area contributed by atoms with Gasteiger partial charge >= 0.3 is 0 Å². The predicted octanol–water partition coefficient (Wildman–Crippen LogP) is 2.69. The monoisotopic (exact) mass is 405 g/mol. The maximum Gasteiger partial charge on any atom is 0.269 e. The molecule has 5 rings (SSSR count). The van der Waals surface area contributed by atoms with Gasteiger partial charge in [-0.3, -0.25) is 14.6 Å². The number of likely N-dealkylation sites (tertiary alicyclic amines) is 1. The van der Waals surface area contributed by atoms with Crippen LogP contribution in [-0.2, 0) is 11.2 Å². The molecule has 3 fully saturated rings. The number of carbonyl (C=O) groups excluding carboxylic acids is 2. The standard InChI is InChI=1S/C24H27N3O3/c1-2-16-7-3-4-8-17(16)23(29)27-14-19-18(21-10-11-24(19,15-27)30-21)13-26-22(28)20-9-5-6-12-25-20/h3-9,12,18-19,21H,2,10-11,13-15H2,1H3,(H,26,28)/t18-,19+,21+,24+/m0/s1. The van der Waals surface area contributed by atoms with Crippen molar-refractivity contribution < 1.29 is 14.3 Å². The van der Waals surface area contributed by atoms with Gasteiger partial charge in [-0.15, -0.1) is 0 Å². The van der Waals surface area contributed by atoms with Crippen molar-refractivity contribution >= 4 is 11.8 Å². The summed E-state index contributed by atoms with van der Waals surface area (Å²) in [5.41, 5.74) is 2.06. The van der Waals surface area contributed by atoms with Crippen LogP contribution in [0.5, 0.6) is 0 Å². The van der Waals surface area contributed by atoms with E-state index in [4.69, 9.17) is 4.74 Å². The molecule has 3 aliphatic rings. The lowest BCUT2D eigenvalue weighted by atomic mass is 9.73. The Morgan fingerprint density at radius 3 is 2.87 bits per heavy atom. The predicted molar refractivity (Wildman–Crippen MR) is 112 cm³/mol. The number of benzene rings is 1. The Bertz CT molecular complexity index is 963. The van der Waals surface area contributed by atoms with Crippen LogP contribution in [0.2, 0.25) is 0 Å². The Morgan fingerprint density at radius 2 is 2.07 bits per heavy atom. The molecule has 4 atom stereocenters. The van der Waals surface area contributed by atoms with Crippen LogP contribution in [0.3, 0.4) is 0 Å². The number of aromatic nitrogens is 1. The van der Waals surface area contributed by atoms with Crippen LogP contribution in [0.25, 0.3) is 0 Å². The Labute approximate surface area is 176 Å². The van der Waals surface area contributed by atoms with Crippen molar-refractivity contribution in [3.63, 3.8) is 0 Å². The number of nitrogens with one attached hydrogen (secondary N) is 1. The van der Waals surface area contributed by atoms with Gasteiger partial charge in [-0.25, -0.2) is 0 Å². The van der Waals surface area contributed by atoms with E-state index >= 15 is 0 Å². The van der Waals surface area contributed by atoms with Gasteiger partial charge in [-0.05, 0) is 43.0 Å². The molecule has 3 saturated heterocycles. The number of amides is 2. The largest absolute Gasteiger partial charge is 0.369 e. The van der Waals surface area contributed by atoms with E-state index < -0.39 is 0 Å². The summed E-state index contributed by atoms with van der Waals surface area (Å²) in [6.45, 7) is 3.97. The number of nitrogens with zero attached hydrogens (tertiary/aromatic N) is 2. The van der Waals surface area contributed by atoms with Gasteiger partial charge in [0.15, 0.2) is 0 Å². The molecular formula is C24H27N3O3. The summed E-state index contributed by atoms with van der Waals surface area (Å²) < 4.78 is 6.45. The van der Waals surface area contributed by atoms with E-state index in [1.54, 1.807) is 18.3 Å². The third-order valence-electron chi connectivity index (χ3n) is 7.10. The highest BCUT2D eigenvalue weighted by Gasteiger charge is 2.63. The van der Waals surface area contributed by atoms with Crippen molar-refractivity contribution in [2.75, 3.05) is 19.6 Å². The molecule has 4 heterocycles. The van der Waals surface area contributed by atoms with Crippen molar-refractivity contribution in [2.45, 2.75) is 37.9 Å². The lowest BCUT2D eigenvalue weighted by molar-refractivity contribution is 0.00316. The smallest absolute Gasteiger partial charge is 0.269 e. The fraction of sp³-hybridized carbons (Fsp3) is 0.458. The molecular weight excluding hydrogens is 378 g/mol. The van der Waals surface area contributed by atoms with Crippen molar-refractivity contribution in [1.82, 2.24) is 15.2 Å². The molecule has 0 radical (unpaired) electrons. The SMILES string of the molecule is CCc1ccccc1C(=O)N1C[C@@H]2[C@H](CNC(=O)c3ccccn3)[C@H]3CC[C@]2(C1)O3. The van der Waals surface area contributed by atoms with Crippen LogP contribution < -0.4 is 5.32 Å². The summed E-state index contributed by atoms with van der Waals surface area (Å²) in [5, 5.41) is 3.04. The molecule has 156 valence electrons. The molecule has 1 aromatic carbocycles. The van der Waals surface area contributed by atoms with Crippen LogP contribution in [0.4, 0.5) is 0 Å². The fourth-order valence-corrected chi connectivity index (χ4v) is 5.62. The Balaban J connectivity index is 1.30. The molecule has 0 unspecified atom stereocenters. The van der Waals surface area contributed by atoms with Gasteiger partial charge in [0, 0.05) is 36.7 Å². The van der Waals surface area contributed by atoms with Gasteiger partial charge in [0.1, 0.15) is 5.69 Å². The van der Waals surface area contributed by atoms with E-state index in [1.165, 1.54) is 0 Å². The van der Waals surface area contributed by atoms with E-state index in [-0.39, 0.29) is 35.4 Å². The first kappa shape index (κ1) is 19.2. The summed E-state index contributed by atoms with van der Waals surface area (Å²) in [4.78, 5) is 31.8. The average Bonchev–Trinajstić information content (AvgIpc) is 3.46. The zero-order valence-corrected chi connectivity index (χ0v) is 17.2. The third kappa shape index (κ3) is 3.10. The fourth-order valence-electron chi connectivity index (χ4n) is 5.62. The van der Waals surface area contributed by atoms with Gasteiger partial charge in [0.25, 0.3) is 11.8 Å². The van der Waals surface area contributed by atoms with Crippen LogP contribution in [0.15, 0.2) is 48.7 Å². The number of pyridine rings is 1. The Hall–Kier alpha value is -2.73. The van der Waals surface area contributed by atoms with Crippen LogP contribution in [0, 0.1) is 11.8 Å². The van der Waals surface area contributed by atoms with Gasteiger partial charge in [0.05, 0.1) is 18.2 Å². The zero-order chi connectivity index (χ0) is 20.7. The Morgan fingerprint density at radius 1 is 1.23 bits per heavy atom. The minimum absolute atomic E-state index is 0.0968. The maximum absolute atomic E-state index is 13.3. The summed E-state index contributed by atoms with van der Waals surface area (Å²) in [5.74, 6) is 0.429. The van der Waals surface area contributed by atoms with Crippen LogP contribution >= 0.6 is 0 Å². The number of ether oxygens (including phenoxy) is 1. The highest BCUT2D eigenvalue weighted by molar-refractivity contribution is 5.96. The van der Waals surface area contributed by atoms with Gasteiger partial charge in [0.2, 0.25) is 0 Å². The maximum atomic E-state index is 13.3. The first-order chi connectivity index (χ1) is 14.6.